The second-order valence-electron chi connectivity index (χ2n) is 12.5. The van der Waals surface area contributed by atoms with Crippen LogP contribution in [0.15, 0.2) is 168 Å². The Morgan fingerprint density at radius 3 is 1.69 bits per heavy atom. The van der Waals surface area contributed by atoms with Crippen molar-refractivity contribution >= 4 is 97.7 Å². The summed E-state index contributed by atoms with van der Waals surface area (Å²) in [5, 5.41) is 3.58. The molecule has 11 heteroatoms. The third-order valence-electron chi connectivity index (χ3n) is 9.16. The molecule has 2 aromatic heterocycles. The molecule has 2 heterocycles. The van der Waals surface area contributed by atoms with E-state index in [1.54, 1.807) is 0 Å². The van der Waals surface area contributed by atoms with Crippen LogP contribution < -0.4 is 14.0 Å². The molecule has 7 aromatic carbocycles. The van der Waals surface area contributed by atoms with E-state index in [-0.39, 0.29) is 0 Å². The Morgan fingerprint density at radius 2 is 1.06 bits per heavy atom. The lowest BCUT2D eigenvalue weighted by atomic mass is 10.1. The zero-order chi connectivity index (χ0) is 37.0. The molecule has 0 fully saturated rings. The first-order valence-corrected chi connectivity index (χ1v) is 19.0. The lowest BCUT2D eigenvalue weighted by molar-refractivity contribution is -0.0500. The van der Waals surface area contributed by atoms with Crippen molar-refractivity contribution in [2.75, 3.05) is 9.80 Å². The fraction of sp³-hybridized carbons (Fsp3) is 0.0233. The molecule has 0 N–H and O–H groups in total. The van der Waals surface area contributed by atoms with Gasteiger partial charge in [-0.1, -0.05) is 78.9 Å². The minimum Gasteiger partial charge on any atom is -0.456 e. The maximum atomic E-state index is 13.6. The molecular formula is C43H27F3N2O4S2. The van der Waals surface area contributed by atoms with Gasteiger partial charge in [-0.2, -0.15) is 21.6 Å². The van der Waals surface area contributed by atoms with Gasteiger partial charge in [0, 0.05) is 71.5 Å². The first-order valence-electron chi connectivity index (χ1n) is 16.8. The Morgan fingerprint density at radius 1 is 0.519 bits per heavy atom. The summed E-state index contributed by atoms with van der Waals surface area (Å²) >= 11 is 1.33. The van der Waals surface area contributed by atoms with Crippen molar-refractivity contribution in [3.63, 3.8) is 0 Å². The molecule has 0 saturated heterocycles. The number of nitrogens with zero attached hydrogens (tertiary/aromatic N) is 2. The van der Waals surface area contributed by atoms with E-state index in [0.29, 0.717) is 21.8 Å². The van der Waals surface area contributed by atoms with Crippen LogP contribution in [0.25, 0.3) is 42.1 Å². The van der Waals surface area contributed by atoms with Crippen molar-refractivity contribution in [2.45, 2.75) is 5.51 Å². The zero-order valence-corrected chi connectivity index (χ0v) is 29.7. The van der Waals surface area contributed by atoms with Crippen molar-refractivity contribution in [2.24, 2.45) is 0 Å². The SMILES string of the molecule is O=S(=O)(Oc1cc(N(c2ccccc2)c2ccccc2)c2c(c1)sc1cc(N(c3ccccc3)c3ccc4c(c3)oc3ccccc34)ccc12)C(F)(F)F. The molecule has 0 atom stereocenters. The average molecular weight is 757 g/mol. The highest BCUT2D eigenvalue weighted by Gasteiger charge is 2.48. The second-order valence-corrected chi connectivity index (χ2v) is 15.2. The quantitative estimate of drug-likeness (QED) is 0.114. The van der Waals surface area contributed by atoms with Gasteiger partial charge in [-0.25, -0.2) is 0 Å². The monoisotopic (exact) mass is 756 g/mol. The summed E-state index contributed by atoms with van der Waals surface area (Å²) in [7, 11) is -5.95. The standard InChI is InChI=1S/C43H27F3N2O4S2/c44-43(45,46)54(49,50)52-33-26-37(48(29-14-6-2-7-15-29)30-16-8-3-9-17-30)42-36-23-21-32(25-40(36)53-41(42)27-33)47(28-12-4-1-5-13-28)31-20-22-35-34-18-10-11-19-38(34)51-39(35)24-31/h1-27H. The maximum absolute atomic E-state index is 13.6. The van der Waals surface area contributed by atoms with E-state index < -0.39 is 21.4 Å². The van der Waals surface area contributed by atoms with Crippen LogP contribution >= 0.6 is 11.3 Å². The molecule has 0 unspecified atom stereocenters. The average Bonchev–Trinajstić information content (AvgIpc) is 3.73. The van der Waals surface area contributed by atoms with E-state index >= 15 is 0 Å². The van der Waals surface area contributed by atoms with Crippen LogP contribution in [0.4, 0.5) is 47.3 Å². The topological polar surface area (TPSA) is 63.0 Å². The van der Waals surface area contributed by atoms with Crippen molar-refractivity contribution in [3.8, 4) is 5.75 Å². The van der Waals surface area contributed by atoms with Crippen molar-refractivity contribution < 1.29 is 30.2 Å². The van der Waals surface area contributed by atoms with E-state index in [9.17, 15) is 21.6 Å². The molecule has 0 spiro atoms. The van der Waals surface area contributed by atoms with E-state index in [0.717, 1.165) is 54.5 Å². The van der Waals surface area contributed by atoms with Crippen LogP contribution in [-0.2, 0) is 10.1 Å². The predicted octanol–water partition coefficient (Wildman–Crippen LogP) is 13.1. The van der Waals surface area contributed by atoms with Crippen molar-refractivity contribution in [3.05, 3.63) is 164 Å². The van der Waals surface area contributed by atoms with Gasteiger partial charge in [0.25, 0.3) is 0 Å². The molecule has 0 aliphatic carbocycles. The number of halogens is 3. The Labute approximate surface area is 311 Å². The number of para-hydroxylation sites is 4. The number of benzene rings is 7. The van der Waals surface area contributed by atoms with Gasteiger partial charge in [-0.05, 0) is 72.8 Å². The number of rotatable bonds is 8. The van der Waals surface area contributed by atoms with Crippen LogP contribution in [0.1, 0.15) is 0 Å². The van der Waals surface area contributed by atoms with E-state index in [4.69, 9.17) is 8.60 Å². The first kappa shape index (κ1) is 33.5. The third kappa shape index (κ3) is 5.87. The van der Waals surface area contributed by atoms with Gasteiger partial charge in [-0.3, -0.25) is 0 Å². The number of fused-ring (bicyclic) bond motifs is 6. The Hall–Kier alpha value is -6.30. The van der Waals surface area contributed by atoms with Crippen molar-refractivity contribution in [1.82, 2.24) is 0 Å². The molecule has 0 amide bonds. The number of furan rings is 1. The fourth-order valence-electron chi connectivity index (χ4n) is 6.84. The van der Waals surface area contributed by atoms with Gasteiger partial charge in [-0.15, -0.1) is 11.3 Å². The fourth-order valence-corrected chi connectivity index (χ4v) is 8.48. The van der Waals surface area contributed by atoms with Crippen LogP contribution in [0.2, 0.25) is 0 Å². The zero-order valence-electron chi connectivity index (χ0n) is 28.1. The molecule has 0 aliphatic rings. The molecule has 9 aromatic rings. The number of alkyl halides is 3. The summed E-state index contributed by atoms with van der Waals surface area (Å²) in [4.78, 5) is 4.00. The highest BCUT2D eigenvalue weighted by atomic mass is 32.2. The summed E-state index contributed by atoms with van der Waals surface area (Å²) < 4.78 is 77.8. The van der Waals surface area contributed by atoms with E-state index in [1.807, 2.05) is 150 Å². The van der Waals surface area contributed by atoms with Gasteiger partial charge in [0.05, 0.1) is 5.69 Å². The lowest BCUT2D eigenvalue weighted by Crippen LogP contribution is -2.28. The summed E-state index contributed by atoms with van der Waals surface area (Å²) in [5.41, 5.74) is 0.407. The van der Waals surface area contributed by atoms with Gasteiger partial charge < -0.3 is 18.4 Å². The molecule has 0 radical (unpaired) electrons. The van der Waals surface area contributed by atoms with Gasteiger partial charge in [0.2, 0.25) is 0 Å². The minimum absolute atomic E-state index is 0.450. The Bertz CT molecular complexity index is 2890. The minimum atomic E-state index is -5.95. The molecular weight excluding hydrogens is 730 g/mol. The summed E-state index contributed by atoms with van der Waals surface area (Å²) in [6.45, 7) is 0. The highest BCUT2D eigenvalue weighted by molar-refractivity contribution is 7.88. The van der Waals surface area contributed by atoms with Crippen LogP contribution in [0.5, 0.6) is 5.75 Å². The normalized spacial score (nSPS) is 12.1. The second kappa shape index (κ2) is 13.0. The predicted molar refractivity (Wildman–Crippen MR) is 212 cm³/mol. The molecule has 0 aliphatic heterocycles. The molecule has 6 nitrogen and oxygen atoms in total. The maximum Gasteiger partial charge on any atom is 0.534 e. The largest absolute Gasteiger partial charge is 0.534 e. The number of thiophene rings is 1. The smallest absolute Gasteiger partial charge is 0.456 e. The highest BCUT2D eigenvalue weighted by Crippen LogP contribution is 2.49. The summed E-state index contributed by atoms with van der Waals surface area (Å²) in [6, 6.07) is 51.3. The third-order valence-corrected chi connectivity index (χ3v) is 11.2. The van der Waals surface area contributed by atoms with E-state index in [2.05, 4.69) is 11.0 Å². The number of anilines is 6. The molecule has 0 bridgehead atoms. The Kier molecular flexibility index (Phi) is 8.06. The summed E-state index contributed by atoms with van der Waals surface area (Å²) in [6.07, 6.45) is 0. The van der Waals surface area contributed by atoms with Crippen LogP contribution in [-0.4, -0.2) is 13.9 Å². The number of hydrogen-bond acceptors (Lipinski definition) is 7. The summed E-state index contributed by atoms with van der Waals surface area (Å²) in [5.74, 6) is -0.455. The van der Waals surface area contributed by atoms with Crippen molar-refractivity contribution in [1.29, 1.82) is 0 Å². The molecule has 9 rings (SSSR count). The van der Waals surface area contributed by atoms with Crippen LogP contribution in [0, 0.1) is 0 Å². The van der Waals surface area contributed by atoms with E-state index in [1.165, 1.54) is 23.5 Å². The lowest BCUT2D eigenvalue weighted by Gasteiger charge is -2.27. The van der Waals surface area contributed by atoms with Crippen LogP contribution in [0.3, 0.4) is 0 Å². The first-order chi connectivity index (χ1) is 26.1. The Balaban J connectivity index is 1.26. The molecule has 0 saturated carbocycles. The van der Waals surface area contributed by atoms with Gasteiger partial charge in [0.15, 0.2) is 0 Å². The molecule has 54 heavy (non-hydrogen) atoms. The van der Waals surface area contributed by atoms with Gasteiger partial charge >= 0.3 is 15.6 Å². The molecule has 266 valence electrons. The number of hydrogen-bond donors (Lipinski definition) is 0. The van der Waals surface area contributed by atoms with Gasteiger partial charge in [0.1, 0.15) is 16.9 Å².